The maximum atomic E-state index is 13.0. The van der Waals surface area contributed by atoms with E-state index in [0.717, 1.165) is 10.6 Å². The van der Waals surface area contributed by atoms with Crippen molar-refractivity contribution in [2.24, 2.45) is 0 Å². The van der Waals surface area contributed by atoms with Gasteiger partial charge in [0.15, 0.2) is 0 Å². The lowest BCUT2D eigenvalue weighted by Crippen LogP contribution is -2.36. The number of rotatable bonds is 9. The van der Waals surface area contributed by atoms with Crippen LogP contribution < -0.4 is 0 Å². The predicted molar refractivity (Wildman–Crippen MR) is 95.7 cm³/mol. The van der Waals surface area contributed by atoms with Gasteiger partial charge >= 0.3 is 0 Å². The van der Waals surface area contributed by atoms with Crippen LogP contribution in [0.3, 0.4) is 0 Å². The number of carbonyl (C=O) groups excluding carboxylic acids is 1. The van der Waals surface area contributed by atoms with Crippen LogP contribution >= 0.6 is 11.3 Å². The van der Waals surface area contributed by atoms with Crippen LogP contribution in [0.15, 0.2) is 24.3 Å². The van der Waals surface area contributed by atoms with Gasteiger partial charge < -0.3 is 14.4 Å². The first kappa shape index (κ1) is 19.5. The number of methoxy groups -OCH3 is 2. The summed E-state index contributed by atoms with van der Waals surface area (Å²) in [6.07, 6.45) is 0.579. The Kier molecular flexibility index (Phi) is 7.49. The summed E-state index contributed by atoms with van der Waals surface area (Å²) in [5.41, 5.74) is 1.68. The number of hydrogen-bond donors (Lipinski definition) is 0. The van der Waals surface area contributed by atoms with Gasteiger partial charge in [-0.05, 0) is 24.6 Å². The van der Waals surface area contributed by atoms with E-state index < -0.39 is 0 Å². The van der Waals surface area contributed by atoms with E-state index in [2.05, 4.69) is 4.98 Å². The number of nitrogens with zero attached hydrogens (tertiary/aromatic N) is 2. The van der Waals surface area contributed by atoms with Crippen LogP contribution in [0.2, 0.25) is 0 Å². The van der Waals surface area contributed by atoms with E-state index >= 15 is 0 Å². The molecule has 0 unspecified atom stereocenters. The summed E-state index contributed by atoms with van der Waals surface area (Å²) in [5.74, 6) is -0.323. The molecule has 1 heterocycles. The van der Waals surface area contributed by atoms with Crippen LogP contribution in [-0.2, 0) is 15.9 Å². The Morgan fingerprint density at radius 2 is 1.76 bits per heavy atom. The van der Waals surface area contributed by atoms with Crippen LogP contribution in [0, 0.1) is 12.7 Å². The average molecular weight is 366 g/mol. The van der Waals surface area contributed by atoms with Crippen molar-refractivity contribution < 1.29 is 18.7 Å². The van der Waals surface area contributed by atoms with Crippen molar-refractivity contribution in [2.75, 3.05) is 40.5 Å². The number of hydrogen-bond acceptors (Lipinski definition) is 5. The normalized spacial score (nSPS) is 10.9. The minimum atomic E-state index is -0.262. The summed E-state index contributed by atoms with van der Waals surface area (Å²) in [4.78, 5) is 19.7. The van der Waals surface area contributed by atoms with Crippen molar-refractivity contribution >= 4 is 17.2 Å². The molecular weight excluding hydrogens is 343 g/mol. The molecule has 0 aliphatic heterocycles. The largest absolute Gasteiger partial charge is 0.383 e. The molecule has 136 valence electrons. The second kappa shape index (κ2) is 9.60. The molecule has 2 aromatic rings. The molecule has 25 heavy (non-hydrogen) atoms. The molecular formula is C18H23FN2O3S. The molecule has 0 spiro atoms. The minimum Gasteiger partial charge on any atom is -0.383 e. The number of benzene rings is 1. The third-order valence-electron chi connectivity index (χ3n) is 3.72. The number of aromatic nitrogens is 1. The Hall–Kier alpha value is -1.83. The molecule has 1 aromatic heterocycles. The standard InChI is InChI=1S/C18H23FN2O3S/c1-13-17(18(22)21(8-10-23-2)9-11-24-3)25-16(20-13)12-14-4-6-15(19)7-5-14/h4-7H,8-12H2,1-3H3. The van der Waals surface area contributed by atoms with Gasteiger partial charge in [-0.2, -0.15) is 0 Å². The number of carbonyl (C=O) groups is 1. The molecule has 2 rings (SSSR count). The summed E-state index contributed by atoms with van der Waals surface area (Å²) in [5, 5.41) is 0.839. The van der Waals surface area contributed by atoms with E-state index in [-0.39, 0.29) is 11.7 Å². The van der Waals surface area contributed by atoms with Crippen LogP contribution in [0.5, 0.6) is 0 Å². The van der Waals surface area contributed by atoms with Gasteiger partial charge in [-0.1, -0.05) is 12.1 Å². The van der Waals surface area contributed by atoms with Gasteiger partial charge in [-0.3, -0.25) is 4.79 Å². The van der Waals surface area contributed by atoms with Crippen molar-refractivity contribution in [3.63, 3.8) is 0 Å². The van der Waals surface area contributed by atoms with Crippen molar-refractivity contribution in [2.45, 2.75) is 13.3 Å². The van der Waals surface area contributed by atoms with Crippen molar-refractivity contribution in [1.82, 2.24) is 9.88 Å². The fourth-order valence-corrected chi connectivity index (χ4v) is 3.43. The first-order chi connectivity index (χ1) is 12.0. The summed E-state index contributed by atoms with van der Waals surface area (Å²) >= 11 is 1.38. The molecule has 7 heteroatoms. The fraction of sp³-hybridized carbons (Fsp3) is 0.444. The Labute approximate surface area is 151 Å². The van der Waals surface area contributed by atoms with Crippen molar-refractivity contribution in [1.29, 1.82) is 0 Å². The molecule has 0 fully saturated rings. The first-order valence-corrected chi connectivity index (χ1v) is 8.84. The molecule has 0 bridgehead atoms. The zero-order valence-corrected chi connectivity index (χ0v) is 15.6. The molecule has 5 nitrogen and oxygen atoms in total. The van der Waals surface area contributed by atoms with E-state index in [0.29, 0.717) is 43.3 Å². The lowest BCUT2D eigenvalue weighted by Gasteiger charge is -2.21. The number of aryl methyl sites for hydroxylation is 1. The Balaban J connectivity index is 2.12. The van der Waals surface area contributed by atoms with E-state index in [9.17, 15) is 9.18 Å². The highest BCUT2D eigenvalue weighted by atomic mass is 32.1. The molecule has 0 N–H and O–H groups in total. The molecule has 1 amide bonds. The molecule has 0 saturated carbocycles. The molecule has 0 saturated heterocycles. The lowest BCUT2D eigenvalue weighted by molar-refractivity contribution is 0.0631. The SMILES string of the molecule is COCCN(CCOC)C(=O)c1sc(Cc2ccc(F)cc2)nc1C. The van der Waals surface area contributed by atoms with Gasteiger partial charge in [-0.25, -0.2) is 9.37 Å². The van der Waals surface area contributed by atoms with Crippen LogP contribution in [0.1, 0.15) is 25.9 Å². The maximum absolute atomic E-state index is 13.0. The van der Waals surface area contributed by atoms with E-state index in [1.165, 1.54) is 23.5 Å². The number of thiazole rings is 1. The van der Waals surface area contributed by atoms with Gasteiger partial charge in [0.25, 0.3) is 5.91 Å². The van der Waals surface area contributed by atoms with Crippen LogP contribution in [-0.4, -0.2) is 56.3 Å². The van der Waals surface area contributed by atoms with Crippen molar-refractivity contribution in [3.8, 4) is 0 Å². The molecule has 1 aromatic carbocycles. The van der Waals surface area contributed by atoms with Crippen LogP contribution in [0.4, 0.5) is 4.39 Å². The smallest absolute Gasteiger partial charge is 0.266 e. The van der Waals surface area contributed by atoms with E-state index in [1.807, 2.05) is 6.92 Å². The first-order valence-electron chi connectivity index (χ1n) is 8.03. The second-order valence-corrected chi connectivity index (χ2v) is 6.69. The summed E-state index contributed by atoms with van der Waals surface area (Å²) in [6, 6.07) is 6.33. The van der Waals surface area contributed by atoms with Gasteiger partial charge in [0.1, 0.15) is 10.7 Å². The maximum Gasteiger partial charge on any atom is 0.266 e. The summed E-state index contributed by atoms with van der Waals surface area (Å²) < 4.78 is 23.2. The average Bonchev–Trinajstić information content (AvgIpc) is 2.97. The van der Waals surface area contributed by atoms with Gasteiger partial charge in [0, 0.05) is 33.7 Å². The highest BCUT2D eigenvalue weighted by molar-refractivity contribution is 7.13. The van der Waals surface area contributed by atoms with Crippen molar-refractivity contribution in [3.05, 3.63) is 51.2 Å². The molecule has 0 aliphatic rings. The third kappa shape index (κ3) is 5.59. The van der Waals surface area contributed by atoms with Gasteiger partial charge in [-0.15, -0.1) is 11.3 Å². The Morgan fingerprint density at radius 1 is 1.16 bits per heavy atom. The summed E-state index contributed by atoms with van der Waals surface area (Å²) in [7, 11) is 3.22. The zero-order valence-electron chi connectivity index (χ0n) is 14.8. The monoisotopic (exact) mass is 366 g/mol. The third-order valence-corrected chi connectivity index (χ3v) is 4.87. The van der Waals surface area contributed by atoms with E-state index in [4.69, 9.17) is 9.47 Å². The summed E-state index contributed by atoms with van der Waals surface area (Å²) in [6.45, 7) is 3.78. The molecule has 0 radical (unpaired) electrons. The highest BCUT2D eigenvalue weighted by Gasteiger charge is 2.21. The van der Waals surface area contributed by atoms with Gasteiger partial charge in [0.05, 0.1) is 23.9 Å². The topological polar surface area (TPSA) is 51.7 Å². The Bertz CT molecular complexity index is 680. The number of ether oxygens (including phenoxy) is 2. The Morgan fingerprint density at radius 3 is 2.32 bits per heavy atom. The highest BCUT2D eigenvalue weighted by Crippen LogP contribution is 2.22. The number of amides is 1. The zero-order chi connectivity index (χ0) is 18.2. The quantitative estimate of drug-likeness (QED) is 0.685. The molecule has 0 atom stereocenters. The predicted octanol–water partition coefficient (Wildman–Crippen LogP) is 2.92. The second-order valence-electron chi connectivity index (χ2n) is 5.60. The van der Waals surface area contributed by atoms with E-state index in [1.54, 1.807) is 31.3 Å². The lowest BCUT2D eigenvalue weighted by atomic mass is 10.1. The fourth-order valence-electron chi connectivity index (χ4n) is 2.36. The minimum absolute atomic E-state index is 0.0607. The number of halogens is 1. The van der Waals surface area contributed by atoms with Gasteiger partial charge in [0.2, 0.25) is 0 Å². The molecule has 0 aliphatic carbocycles. The van der Waals surface area contributed by atoms with Crippen LogP contribution in [0.25, 0.3) is 0 Å².